The Kier molecular flexibility index (Phi) is 5.64. The third kappa shape index (κ3) is 4.81. The second kappa shape index (κ2) is 8.30. The number of nitrogens with zero attached hydrogens (tertiary/aromatic N) is 1. The Bertz CT molecular complexity index is 710. The van der Waals surface area contributed by atoms with Crippen molar-refractivity contribution in [3.63, 3.8) is 0 Å². The van der Waals surface area contributed by atoms with Gasteiger partial charge in [-0.15, -0.1) is 0 Å². The minimum Gasteiger partial charge on any atom is -0.484 e. The zero-order valence-electron chi connectivity index (χ0n) is 13.8. The summed E-state index contributed by atoms with van der Waals surface area (Å²) >= 11 is 0. The lowest BCUT2D eigenvalue weighted by atomic mass is 10.2. The van der Waals surface area contributed by atoms with Crippen molar-refractivity contribution in [2.75, 3.05) is 38.2 Å². The number of hydrogen-bond donors (Lipinski definition) is 1. The fraction of sp³-hybridized carbons (Fsp3) is 0.263. The van der Waals surface area contributed by atoms with Gasteiger partial charge in [-0.1, -0.05) is 18.2 Å². The number of hydrogen-bond acceptors (Lipinski definition) is 4. The van der Waals surface area contributed by atoms with E-state index in [4.69, 9.17) is 9.47 Å². The number of amides is 2. The van der Waals surface area contributed by atoms with Crippen LogP contribution < -0.4 is 10.1 Å². The first-order chi connectivity index (χ1) is 12.2. The molecule has 0 unspecified atom stereocenters. The van der Waals surface area contributed by atoms with Crippen molar-refractivity contribution in [2.24, 2.45) is 0 Å². The minimum atomic E-state index is -0.236. The standard InChI is InChI=1S/C19H20N2O4/c22-18(20-16-4-2-1-3-5-16)14-25-17-8-6-15(7-9-17)19(23)21-10-12-24-13-11-21/h1-9H,10-14H2,(H,20,22). The first-order valence-electron chi connectivity index (χ1n) is 8.17. The maximum atomic E-state index is 12.3. The summed E-state index contributed by atoms with van der Waals surface area (Å²) in [4.78, 5) is 26.0. The Hall–Kier alpha value is -2.86. The van der Waals surface area contributed by atoms with Crippen LogP contribution in [0.5, 0.6) is 5.75 Å². The number of anilines is 1. The van der Waals surface area contributed by atoms with Crippen LogP contribution in [0.2, 0.25) is 0 Å². The molecule has 1 saturated heterocycles. The average Bonchev–Trinajstić information content (AvgIpc) is 2.68. The molecule has 0 atom stereocenters. The number of carbonyl (C=O) groups excluding carboxylic acids is 2. The molecule has 6 nitrogen and oxygen atoms in total. The molecule has 0 spiro atoms. The maximum absolute atomic E-state index is 12.3. The number of benzene rings is 2. The fourth-order valence-electron chi connectivity index (χ4n) is 2.51. The van der Waals surface area contributed by atoms with Crippen LogP contribution in [-0.4, -0.2) is 49.6 Å². The van der Waals surface area contributed by atoms with Gasteiger partial charge in [-0.2, -0.15) is 0 Å². The van der Waals surface area contributed by atoms with Gasteiger partial charge in [-0.05, 0) is 36.4 Å². The van der Waals surface area contributed by atoms with Crippen LogP contribution in [0.1, 0.15) is 10.4 Å². The summed E-state index contributed by atoms with van der Waals surface area (Å²) in [7, 11) is 0. The predicted molar refractivity (Wildman–Crippen MR) is 93.7 cm³/mol. The number of ether oxygens (including phenoxy) is 2. The summed E-state index contributed by atoms with van der Waals surface area (Å²) in [5.41, 5.74) is 1.32. The normalized spacial score (nSPS) is 14.0. The highest BCUT2D eigenvalue weighted by Gasteiger charge is 2.18. The Morgan fingerprint density at radius 1 is 1.00 bits per heavy atom. The Morgan fingerprint density at radius 3 is 2.36 bits per heavy atom. The quantitative estimate of drug-likeness (QED) is 0.906. The van der Waals surface area contributed by atoms with E-state index in [1.807, 2.05) is 30.3 Å². The first-order valence-corrected chi connectivity index (χ1v) is 8.17. The largest absolute Gasteiger partial charge is 0.484 e. The second-order valence-corrected chi connectivity index (χ2v) is 5.63. The number of nitrogens with one attached hydrogen (secondary N) is 1. The summed E-state index contributed by atoms with van der Waals surface area (Å²) < 4.78 is 10.7. The highest BCUT2D eigenvalue weighted by molar-refractivity contribution is 5.94. The summed E-state index contributed by atoms with van der Waals surface area (Å²) in [5.74, 6) is 0.290. The van der Waals surface area contributed by atoms with Crippen LogP contribution in [0.4, 0.5) is 5.69 Å². The lowest BCUT2D eigenvalue weighted by Gasteiger charge is -2.26. The van der Waals surface area contributed by atoms with Crippen LogP contribution in [-0.2, 0) is 9.53 Å². The van der Waals surface area contributed by atoms with Gasteiger partial charge in [-0.25, -0.2) is 0 Å². The smallest absolute Gasteiger partial charge is 0.262 e. The summed E-state index contributed by atoms with van der Waals surface area (Å²) in [5, 5.41) is 2.75. The van der Waals surface area contributed by atoms with Gasteiger partial charge in [0.25, 0.3) is 11.8 Å². The van der Waals surface area contributed by atoms with Gasteiger partial charge in [0.15, 0.2) is 6.61 Å². The van der Waals surface area contributed by atoms with E-state index in [1.54, 1.807) is 29.2 Å². The van der Waals surface area contributed by atoms with E-state index >= 15 is 0 Å². The highest BCUT2D eigenvalue weighted by atomic mass is 16.5. The molecule has 2 aromatic carbocycles. The Labute approximate surface area is 146 Å². The first kappa shape index (κ1) is 17.0. The molecule has 0 bridgehead atoms. The predicted octanol–water partition coefficient (Wildman–Crippen LogP) is 2.18. The second-order valence-electron chi connectivity index (χ2n) is 5.63. The van der Waals surface area contributed by atoms with Gasteiger partial charge in [0, 0.05) is 24.3 Å². The van der Waals surface area contributed by atoms with Gasteiger partial charge >= 0.3 is 0 Å². The number of rotatable bonds is 5. The number of para-hydroxylation sites is 1. The lowest BCUT2D eigenvalue weighted by Crippen LogP contribution is -2.40. The van der Waals surface area contributed by atoms with Gasteiger partial charge in [0.2, 0.25) is 0 Å². The lowest BCUT2D eigenvalue weighted by molar-refractivity contribution is -0.118. The molecule has 6 heteroatoms. The van der Waals surface area contributed by atoms with Crippen molar-refractivity contribution in [3.05, 3.63) is 60.2 Å². The molecule has 0 aromatic heterocycles. The topological polar surface area (TPSA) is 67.9 Å². The van der Waals surface area contributed by atoms with Crippen molar-refractivity contribution in [1.29, 1.82) is 0 Å². The van der Waals surface area contributed by atoms with E-state index in [0.29, 0.717) is 37.6 Å². The van der Waals surface area contributed by atoms with E-state index in [1.165, 1.54) is 0 Å². The van der Waals surface area contributed by atoms with Crippen LogP contribution >= 0.6 is 0 Å². The molecule has 0 radical (unpaired) electrons. The zero-order valence-corrected chi connectivity index (χ0v) is 13.8. The van der Waals surface area contributed by atoms with E-state index in [9.17, 15) is 9.59 Å². The van der Waals surface area contributed by atoms with E-state index in [-0.39, 0.29) is 18.4 Å². The Morgan fingerprint density at radius 2 is 1.68 bits per heavy atom. The molecular formula is C19H20N2O4. The molecule has 1 aliphatic heterocycles. The monoisotopic (exact) mass is 340 g/mol. The summed E-state index contributed by atoms with van der Waals surface area (Å²) in [6, 6.07) is 16.0. The van der Waals surface area contributed by atoms with Crippen LogP contribution in [0.25, 0.3) is 0 Å². The highest BCUT2D eigenvalue weighted by Crippen LogP contribution is 2.15. The third-order valence-corrected chi connectivity index (χ3v) is 3.83. The molecule has 3 rings (SSSR count). The average molecular weight is 340 g/mol. The van der Waals surface area contributed by atoms with E-state index in [2.05, 4.69) is 5.32 Å². The molecular weight excluding hydrogens is 320 g/mol. The number of morpholine rings is 1. The molecule has 1 fully saturated rings. The zero-order chi connectivity index (χ0) is 17.5. The molecule has 2 aromatic rings. The van der Waals surface area contributed by atoms with Gasteiger partial charge < -0.3 is 19.7 Å². The third-order valence-electron chi connectivity index (χ3n) is 3.83. The van der Waals surface area contributed by atoms with E-state index < -0.39 is 0 Å². The SMILES string of the molecule is O=C(COc1ccc(C(=O)N2CCOCC2)cc1)Nc1ccccc1. The van der Waals surface area contributed by atoms with Gasteiger partial charge in [-0.3, -0.25) is 9.59 Å². The summed E-state index contributed by atoms with van der Waals surface area (Å²) in [6.07, 6.45) is 0. The fourth-order valence-corrected chi connectivity index (χ4v) is 2.51. The molecule has 1 heterocycles. The van der Waals surface area contributed by atoms with Gasteiger partial charge in [0.1, 0.15) is 5.75 Å². The van der Waals surface area contributed by atoms with Crippen LogP contribution in [0.3, 0.4) is 0 Å². The van der Waals surface area contributed by atoms with Gasteiger partial charge in [0.05, 0.1) is 13.2 Å². The van der Waals surface area contributed by atoms with Crippen molar-refractivity contribution >= 4 is 17.5 Å². The molecule has 130 valence electrons. The molecule has 0 aliphatic carbocycles. The van der Waals surface area contributed by atoms with Crippen LogP contribution in [0, 0.1) is 0 Å². The van der Waals surface area contributed by atoms with Crippen molar-refractivity contribution in [2.45, 2.75) is 0 Å². The van der Waals surface area contributed by atoms with Crippen molar-refractivity contribution in [1.82, 2.24) is 4.90 Å². The Balaban J connectivity index is 1.50. The number of carbonyl (C=O) groups is 2. The van der Waals surface area contributed by atoms with Crippen molar-refractivity contribution < 1.29 is 19.1 Å². The molecule has 0 saturated carbocycles. The van der Waals surface area contributed by atoms with Crippen molar-refractivity contribution in [3.8, 4) is 5.75 Å². The molecule has 25 heavy (non-hydrogen) atoms. The minimum absolute atomic E-state index is 0.0170. The maximum Gasteiger partial charge on any atom is 0.262 e. The molecule has 2 amide bonds. The summed E-state index contributed by atoms with van der Waals surface area (Å²) in [6.45, 7) is 2.27. The molecule has 1 aliphatic rings. The van der Waals surface area contributed by atoms with Crippen LogP contribution in [0.15, 0.2) is 54.6 Å². The van der Waals surface area contributed by atoms with E-state index in [0.717, 1.165) is 5.69 Å². The molecule has 1 N–H and O–H groups in total.